The lowest BCUT2D eigenvalue weighted by molar-refractivity contribution is 0.621. The second-order valence-corrected chi connectivity index (χ2v) is 3.81. The summed E-state index contributed by atoms with van der Waals surface area (Å²) in [5.41, 5.74) is 6.13. The number of rotatable bonds is 1. The highest BCUT2D eigenvalue weighted by atomic mass is 79.9. The molecule has 2 N–H and O–H groups in total. The van der Waals surface area contributed by atoms with Crippen LogP contribution in [0.3, 0.4) is 0 Å². The van der Waals surface area contributed by atoms with E-state index in [4.69, 9.17) is 5.73 Å². The van der Waals surface area contributed by atoms with Crippen molar-refractivity contribution in [2.45, 2.75) is 0 Å². The first-order valence-corrected chi connectivity index (χ1v) is 5.00. The topological polar surface area (TPSA) is 56.7 Å². The number of nitrogen functional groups attached to an aromatic ring is 1. The molecule has 0 aliphatic heterocycles. The molecule has 0 spiro atoms. The molecular weight excluding hydrogens is 263 g/mol. The summed E-state index contributed by atoms with van der Waals surface area (Å²) >= 11 is 3.15. The summed E-state index contributed by atoms with van der Waals surface area (Å²) in [6.45, 7) is 0. The molecule has 0 saturated heterocycles. The molecule has 0 aliphatic rings. The zero-order valence-electron chi connectivity index (χ0n) is 7.91. The van der Waals surface area contributed by atoms with E-state index in [9.17, 15) is 4.39 Å². The monoisotopic (exact) mass is 270 g/mol. The third-order valence-electron chi connectivity index (χ3n) is 1.99. The lowest BCUT2D eigenvalue weighted by atomic mass is 10.2. The van der Waals surface area contributed by atoms with Gasteiger partial charge in [-0.3, -0.25) is 0 Å². The van der Waals surface area contributed by atoms with E-state index in [0.717, 1.165) is 0 Å². The molecular formula is C9H8BrFN4. The van der Waals surface area contributed by atoms with Crippen LogP contribution in [-0.2, 0) is 7.05 Å². The van der Waals surface area contributed by atoms with Crippen LogP contribution in [0.2, 0.25) is 0 Å². The Bertz CT molecular complexity index is 489. The Hall–Kier alpha value is -1.43. The van der Waals surface area contributed by atoms with E-state index in [2.05, 4.69) is 26.0 Å². The molecule has 0 radical (unpaired) electrons. The number of hydrogen-bond donors (Lipinski definition) is 1. The summed E-state index contributed by atoms with van der Waals surface area (Å²) in [5, 5.41) is 4.07. The molecule has 15 heavy (non-hydrogen) atoms. The minimum absolute atomic E-state index is 0.293. The zero-order valence-corrected chi connectivity index (χ0v) is 9.49. The number of aromatic nitrogens is 3. The second-order valence-electron chi connectivity index (χ2n) is 3.02. The summed E-state index contributed by atoms with van der Waals surface area (Å²) in [5.74, 6) is 0.348. The van der Waals surface area contributed by atoms with Gasteiger partial charge in [-0.05, 0) is 28.1 Å². The molecule has 1 heterocycles. The second kappa shape index (κ2) is 3.62. The fourth-order valence-corrected chi connectivity index (χ4v) is 1.63. The normalized spacial score (nSPS) is 10.6. The first kappa shape index (κ1) is 10.1. The molecule has 1 aromatic heterocycles. The van der Waals surface area contributed by atoms with Crippen LogP contribution in [0.1, 0.15) is 0 Å². The van der Waals surface area contributed by atoms with E-state index in [0.29, 0.717) is 21.8 Å². The van der Waals surface area contributed by atoms with Crippen molar-refractivity contribution < 1.29 is 4.39 Å². The van der Waals surface area contributed by atoms with Crippen molar-refractivity contribution >= 4 is 21.9 Å². The van der Waals surface area contributed by atoms with Crippen molar-refractivity contribution in [3.8, 4) is 11.4 Å². The number of nitrogens with two attached hydrogens (primary N) is 1. The summed E-state index contributed by atoms with van der Waals surface area (Å²) in [6, 6.07) is 4.68. The van der Waals surface area contributed by atoms with E-state index in [1.54, 1.807) is 19.2 Å². The van der Waals surface area contributed by atoms with Gasteiger partial charge in [0, 0.05) is 12.6 Å². The van der Waals surface area contributed by atoms with E-state index < -0.39 is 0 Å². The lowest BCUT2D eigenvalue weighted by Gasteiger charge is -1.99. The first-order valence-electron chi connectivity index (χ1n) is 4.20. The maximum Gasteiger partial charge on any atom is 0.218 e. The van der Waals surface area contributed by atoms with E-state index in [1.807, 2.05) is 0 Å². The summed E-state index contributed by atoms with van der Waals surface area (Å²) in [4.78, 5) is 4.02. The minimum atomic E-state index is -0.349. The van der Waals surface area contributed by atoms with Gasteiger partial charge in [0.1, 0.15) is 5.82 Å². The van der Waals surface area contributed by atoms with Crippen LogP contribution < -0.4 is 5.73 Å². The van der Waals surface area contributed by atoms with Crippen LogP contribution in [0, 0.1) is 5.82 Å². The predicted octanol–water partition coefficient (Wildman–Crippen LogP) is 1.97. The van der Waals surface area contributed by atoms with Crippen molar-refractivity contribution in [2.24, 2.45) is 7.05 Å². The number of halogens is 2. The van der Waals surface area contributed by atoms with Crippen LogP contribution in [0.25, 0.3) is 11.4 Å². The third kappa shape index (κ3) is 1.72. The van der Waals surface area contributed by atoms with E-state index in [1.165, 1.54) is 10.7 Å². The Morgan fingerprint density at radius 1 is 1.47 bits per heavy atom. The van der Waals surface area contributed by atoms with Crippen molar-refractivity contribution in [3.05, 3.63) is 28.5 Å². The fraction of sp³-hybridized carbons (Fsp3) is 0.111. The molecule has 0 fully saturated rings. The summed E-state index contributed by atoms with van der Waals surface area (Å²) in [6.07, 6.45) is 0. The largest absolute Gasteiger partial charge is 0.368 e. The van der Waals surface area contributed by atoms with E-state index in [-0.39, 0.29) is 5.82 Å². The molecule has 0 unspecified atom stereocenters. The average Bonchev–Trinajstić information content (AvgIpc) is 2.51. The lowest BCUT2D eigenvalue weighted by Crippen LogP contribution is -1.97. The zero-order chi connectivity index (χ0) is 11.0. The quantitative estimate of drug-likeness (QED) is 0.862. The number of benzene rings is 1. The molecule has 0 saturated carbocycles. The Balaban J connectivity index is 2.59. The van der Waals surface area contributed by atoms with Gasteiger partial charge in [-0.15, -0.1) is 5.10 Å². The molecule has 0 atom stereocenters. The SMILES string of the molecule is Cn1nc(-c2cccc(F)c2Br)nc1N. The van der Waals surface area contributed by atoms with Crippen molar-refractivity contribution in [1.82, 2.24) is 14.8 Å². The summed E-state index contributed by atoms with van der Waals surface area (Å²) < 4.78 is 15.0. The number of anilines is 1. The molecule has 78 valence electrons. The summed E-state index contributed by atoms with van der Waals surface area (Å²) in [7, 11) is 1.68. The third-order valence-corrected chi connectivity index (χ3v) is 2.80. The molecule has 0 bridgehead atoms. The number of aryl methyl sites for hydroxylation is 1. The minimum Gasteiger partial charge on any atom is -0.368 e. The predicted molar refractivity (Wildman–Crippen MR) is 58.5 cm³/mol. The van der Waals surface area contributed by atoms with Gasteiger partial charge in [0.15, 0.2) is 5.82 Å². The molecule has 6 heteroatoms. The van der Waals surface area contributed by atoms with Crippen molar-refractivity contribution in [1.29, 1.82) is 0 Å². The van der Waals surface area contributed by atoms with Crippen molar-refractivity contribution in [3.63, 3.8) is 0 Å². The molecule has 0 amide bonds. The van der Waals surface area contributed by atoms with Gasteiger partial charge in [-0.1, -0.05) is 6.07 Å². The standard InChI is InChI=1S/C9H8BrFN4/c1-15-9(12)13-8(14-15)5-3-2-4-6(11)7(5)10/h2-4H,1H3,(H2,12,13,14). The van der Waals surface area contributed by atoms with Gasteiger partial charge in [-0.2, -0.15) is 4.98 Å². The molecule has 4 nitrogen and oxygen atoms in total. The molecule has 0 aliphatic carbocycles. The number of hydrogen-bond acceptors (Lipinski definition) is 3. The van der Waals surface area contributed by atoms with E-state index >= 15 is 0 Å². The average molecular weight is 271 g/mol. The Morgan fingerprint density at radius 3 is 2.80 bits per heavy atom. The van der Waals surface area contributed by atoms with Crippen LogP contribution in [-0.4, -0.2) is 14.8 Å². The van der Waals surface area contributed by atoms with Gasteiger partial charge in [-0.25, -0.2) is 9.07 Å². The van der Waals surface area contributed by atoms with Crippen molar-refractivity contribution in [2.75, 3.05) is 5.73 Å². The van der Waals surface area contributed by atoms with Crippen LogP contribution >= 0.6 is 15.9 Å². The van der Waals surface area contributed by atoms with Gasteiger partial charge in [0.25, 0.3) is 0 Å². The first-order chi connectivity index (χ1) is 7.09. The smallest absolute Gasteiger partial charge is 0.218 e. The van der Waals surface area contributed by atoms with Crippen LogP contribution in [0.5, 0.6) is 0 Å². The maximum atomic E-state index is 13.2. The van der Waals surface area contributed by atoms with Crippen LogP contribution in [0.15, 0.2) is 22.7 Å². The van der Waals surface area contributed by atoms with Gasteiger partial charge < -0.3 is 5.73 Å². The Morgan fingerprint density at radius 2 is 2.20 bits per heavy atom. The highest BCUT2D eigenvalue weighted by Crippen LogP contribution is 2.28. The van der Waals surface area contributed by atoms with Gasteiger partial charge in [0.2, 0.25) is 5.95 Å². The highest BCUT2D eigenvalue weighted by Gasteiger charge is 2.12. The Kier molecular flexibility index (Phi) is 2.44. The van der Waals surface area contributed by atoms with Gasteiger partial charge in [0.05, 0.1) is 4.47 Å². The molecule has 2 rings (SSSR count). The van der Waals surface area contributed by atoms with Gasteiger partial charge >= 0.3 is 0 Å². The fourth-order valence-electron chi connectivity index (χ4n) is 1.19. The maximum absolute atomic E-state index is 13.2. The highest BCUT2D eigenvalue weighted by molar-refractivity contribution is 9.10. The molecule has 2 aromatic rings. The molecule has 1 aromatic carbocycles. The van der Waals surface area contributed by atoms with Crippen LogP contribution in [0.4, 0.5) is 10.3 Å². The Labute approximate surface area is 94.1 Å². The number of nitrogens with zero attached hydrogens (tertiary/aromatic N) is 3.